The summed E-state index contributed by atoms with van der Waals surface area (Å²) in [5, 5.41) is 2.76. The van der Waals surface area contributed by atoms with E-state index in [0.717, 1.165) is 0 Å². The second kappa shape index (κ2) is 3.69. The van der Waals surface area contributed by atoms with Crippen molar-refractivity contribution in [2.24, 2.45) is 10.9 Å². The highest BCUT2D eigenvalue weighted by atomic mass is 16.5. The lowest BCUT2D eigenvalue weighted by atomic mass is 10.1. The summed E-state index contributed by atoms with van der Waals surface area (Å²) in [6, 6.07) is 0. The van der Waals surface area contributed by atoms with Gasteiger partial charge < -0.3 is 10.1 Å². The summed E-state index contributed by atoms with van der Waals surface area (Å²) in [5.41, 5.74) is -0.652. The topological polar surface area (TPSA) is 50.7 Å². The van der Waals surface area contributed by atoms with Gasteiger partial charge in [0.25, 0.3) is 5.91 Å². The van der Waals surface area contributed by atoms with E-state index < -0.39 is 5.54 Å². The van der Waals surface area contributed by atoms with Crippen LogP contribution in [0.3, 0.4) is 0 Å². The number of amidine groups is 1. The minimum atomic E-state index is -0.652. The first-order valence-electron chi connectivity index (χ1n) is 4.82. The van der Waals surface area contributed by atoms with Crippen LogP contribution < -0.4 is 5.32 Å². The molecule has 0 fully saturated rings. The number of hydrogen-bond donors (Lipinski definition) is 1. The number of nitrogens with zero attached hydrogens (tertiary/aromatic N) is 1. The van der Waals surface area contributed by atoms with Crippen molar-refractivity contribution in [1.82, 2.24) is 5.32 Å². The predicted octanol–water partition coefficient (Wildman–Crippen LogP) is 0.964. The van der Waals surface area contributed by atoms with E-state index in [-0.39, 0.29) is 12.0 Å². The van der Waals surface area contributed by atoms with Gasteiger partial charge in [0.15, 0.2) is 0 Å². The van der Waals surface area contributed by atoms with Crippen LogP contribution in [-0.4, -0.2) is 30.5 Å². The van der Waals surface area contributed by atoms with E-state index in [2.05, 4.69) is 10.3 Å². The van der Waals surface area contributed by atoms with Crippen molar-refractivity contribution in [2.75, 3.05) is 7.11 Å². The zero-order chi connectivity index (χ0) is 10.9. The Balaban J connectivity index is 2.86. The molecule has 0 aliphatic carbocycles. The molecule has 1 N–H and O–H groups in total. The molecule has 0 spiro atoms. The number of rotatable bonds is 3. The Bertz CT molecular complexity index is 269. The van der Waals surface area contributed by atoms with Crippen molar-refractivity contribution >= 4 is 11.7 Å². The van der Waals surface area contributed by atoms with Crippen LogP contribution in [0.1, 0.15) is 27.7 Å². The van der Waals surface area contributed by atoms with Crippen molar-refractivity contribution in [2.45, 2.75) is 39.3 Å². The van der Waals surface area contributed by atoms with E-state index in [9.17, 15) is 4.79 Å². The number of ether oxygens (including phenoxy) is 1. The molecular weight excluding hydrogens is 180 g/mol. The number of aliphatic imine (C=N–C) groups is 1. The Kier molecular flexibility index (Phi) is 2.95. The number of methoxy groups -OCH3 is 1. The van der Waals surface area contributed by atoms with E-state index >= 15 is 0 Å². The lowest BCUT2D eigenvalue weighted by Gasteiger charge is -2.18. The third kappa shape index (κ3) is 1.95. The number of hydrogen-bond acceptors (Lipinski definition) is 3. The second-order valence-electron chi connectivity index (χ2n) is 4.41. The molecule has 14 heavy (non-hydrogen) atoms. The molecule has 0 aromatic carbocycles. The van der Waals surface area contributed by atoms with Crippen LogP contribution in [0.4, 0.5) is 0 Å². The molecule has 0 bridgehead atoms. The first-order chi connectivity index (χ1) is 6.38. The van der Waals surface area contributed by atoms with Gasteiger partial charge in [0.05, 0.1) is 0 Å². The molecular formula is C10H18N2O2. The molecule has 1 aliphatic heterocycles. The first kappa shape index (κ1) is 11.2. The van der Waals surface area contributed by atoms with Gasteiger partial charge in [-0.1, -0.05) is 13.8 Å². The highest BCUT2D eigenvalue weighted by Crippen LogP contribution is 2.18. The normalized spacial score (nSPS) is 22.1. The summed E-state index contributed by atoms with van der Waals surface area (Å²) in [6.45, 7) is 7.66. The SMILES string of the molecule is COC(C1=NC(C)(C)C(=O)N1)C(C)C. The third-order valence-electron chi connectivity index (χ3n) is 2.33. The van der Waals surface area contributed by atoms with Gasteiger partial charge in [-0.3, -0.25) is 9.79 Å². The molecule has 1 rings (SSSR count). The highest BCUT2D eigenvalue weighted by molar-refractivity contribution is 6.09. The molecule has 0 saturated heterocycles. The summed E-state index contributed by atoms with van der Waals surface area (Å²) in [4.78, 5) is 15.8. The zero-order valence-corrected chi connectivity index (χ0v) is 9.42. The first-order valence-corrected chi connectivity index (χ1v) is 4.82. The average Bonchev–Trinajstić information content (AvgIpc) is 2.26. The monoisotopic (exact) mass is 198 g/mol. The molecule has 1 aliphatic rings. The molecule has 0 saturated carbocycles. The standard InChI is InChI=1S/C10H18N2O2/c1-6(2)7(14-5)8-11-9(13)10(3,4)12-8/h6-7H,1-5H3,(H,11,12,13). The maximum Gasteiger partial charge on any atom is 0.252 e. The molecule has 1 amide bonds. The van der Waals surface area contributed by atoms with Gasteiger partial charge in [-0.2, -0.15) is 0 Å². The summed E-state index contributed by atoms with van der Waals surface area (Å²) >= 11 is 0. The second-order valence-corrected chi connectivity index (χ2v) is 4.41. The minimum absolute atomic E-state index is 0.0600. The third-order valence-corrected chi connectivity index (χ3v) is 2.33. The van der Waals surface area contributed by atoms with E-state index in [1.807, 2.05) is 13.8 Å². The van der Waals surface area contributed by atoms with Gasteiger partial charge in [-0.15, -0.1) is 0 Å². The van der Waals surface area contributed by atoms with Crippen LogP contribution in [0.2, 0.25) is 0 Å². The Morgan fingerprint density at radius 3 is 2.29 bits per heavy atom. The van der Waals surface area contributed by atoms with Crippen LogP contribution in [0.15, 0.2) is 4.99 Å². The Morgan fingerprint density at radius 1 is 1.43 bits per heavy atom. The van der Waals surface area contributed by atoms with Crippen LogP contribution >= 0.6 is 0 Å². The van der Waals surface area contributed by atoms with E-state index in [1.165, 1.54) is 0 Å². The van der Waals surface area contributed by atoms with Crippen LogP contribution in [0.25, 0.3) is 0 Å². The summed E-state index contributed by atoms with van der Waals surface area (Å²) in [7, 11) is 1.63. The quantitative estimate of drug-likeness (QED) is 0.734. The molecule has 80 valence electrons. The fraction of sp³-hybridized carbons (Fsp3) is 0.800. The van der Waals surface area contributed by atoms with Gasteiger partial charge in [-0.05, 0) is 19.8 Å². The lowest BCUT2D eigenvalue weighted by Crippen LogP contribution is -2.40. The summed E-state index contributed by atoms with van der Waals surface area (Å²) < 4.78 is 5.29. The van der Waals surface area contributed by atoms with Gasteiger partial charge in [0.1, 0.15) is 17.5 Å². The van der Waals surface area contributed by atoms with E-state index in [0.29, 0.717) is 11.8 Å². The molecule has 0 radical (unpaired) electrons. The predicted molar refractivity (Wildman–Crippen MR) is 55.3 cm³/mol. The van der Waals surface area contributed by atoms with Crippen molar-refractivity contribution in [1.29, 1.82) is 0 Å². The van der Waals surface area contributed by atoms with Crippen LogP contribution in [-0.2, 0) is 9.53 Å². The molecule has 1 atom stereocenters. The van der Waals surface area contributed by atoms with Crippen molar-refractivity contribution in [3.05, 3.63) is 0 Å². The Labute approximate surface area is 84.7 Å². The van der Waals surface area contributed by atoms with Crippen LogP contribution in [0, 0.1) is 5.92 Å². The Morgan fingerprint density at radius 2 is 2.00 bits per heavy atom. The smallest absolute Gasteiger partial charge is 0.252 e. The largest absolute Gasteiger partial charge is 0.373 e. The molecule has 0 aromatic rings. The fourth-order valence-corrected chi connectivity index (χ4v) is 1.48. The van der Waals surface area contributed by atoms with Crippen molar-refractivity contribution < 1.29 is 9.53 Å². The van der Waals surface area contributed by atoms with Gasteiger partial charge in [-0.25, -0.2) is 0 Å². The Hall–Kier alpha value is -0.900. The van der Waals surface area contributed by atoms with Gasteiger partial charge in [0, 0.05) is 7.11 Å². The number of carbonyl (C=O) groups is 1. The molecule has 0 aromatic heterocycles. The lowest BCUT2D eigenvalue weighted by molar-refractivity contribution is -0.122. The molecule has 1 heterocycles. The molecule has 4 heteroatoms. The molecule has 1 unspecified atom stereocenters. The van der Waals surface area contributed by atoms with E-state index in [4.69, 9.17) is 4.74 Å². The highest BCUT2D eigenvalue weighted by Gasteiger charge is 2.37. The molecule has 4 nitrogen and oxygen atoms in total. The van der Waals surface area contributed by atoms with Crippen LogP contribution in [0.5, 0.6) is 0 Å². The van der Waals surface area contributed by atoms with E-state index in [1.54, 1.807) is 21.0 Å². The summed E-state index contributed by atoms with van der Waals surface area (Å²) in [5.74, 6) is 0.889. The number of carbonyl (C=O) groups excluding carboxylic acids is 1. The zero-order valence-electron chi connectivity index (χ0n) is 9.42. The average molecular weight is 198 g/mol. The maximum atomic E-state index is 11.5. The minimum Gasteiger partial charge on any atom is -0.373 e. The fourth-order valence-electron chi connectivity index (χ4n) is 1.48. The van der Waals surface area contributed by atoms with Gasteiger partial charge in [0.2, 0.25) is 0 Å². The summed E-state index contributed by atoms with van der Waals surface area (Å²) in [6.07, 6.45) is -0.124. The van der Waals surface area contributed by atoms with Gasteiger partial charge >= 0.3 is 0 Å². The van der Waals surface area contributed by atoms with Crippen molar-refractivity contribution in [3.63, 3.8) is 0 Å². The number of amides is 1. The number of nitrogens with one attached hydrogen (secondary N) is 1. The van der Waals surface area contributed by atoms with Crippen molar-refractivity contribution in [3.8, 4) is 0 Å². The maximum absolute atomic E-state index is 11.5.